The van der Waals surface area contributed by atoms with Gasteiger partial charge in [0.25, 0.3) is 0 Å². The maximum Gasteiger partial charge on any atom is 0.0345 e. The molecule has 1 aromatic rings. The van der Waals surface area contributed by atoms with Gasteiger partial charge in [-0.2, -0.15) is 0 Å². The fraction of sp³-hybridized carbons (Fsp3) is 0.600. The minimum atomic E-state index is 0.384. The lowest BCUT2D eigenvalue weighted by Gasteiger charge is -2.28. The molecule has 2 nitrogen and oxygen atoms in total. The average Bonchev–Trinajstić information content (AvgIpc) is 2.29. The zero-order valence-corrected chi connectivity index (χ0v) is 10.9. The van der Waals surface area contributed by atoms with Crippen LogP contribution < -0.4 is 11.1 Å². The summed E-state index contributed by atoms with van der Waals surface area (Å²) in [5.41, 5.74) is 8.66. The summed E-state index contributed by atoms with van der Waals surface area (Å²) < 4.78 is 0. The largest absolute Gasteiger partial charge is 0.382 e. The molecule has 0 bridgehead atoms. The van der Waals surface area contributed by atoms with Gasteiger partial charge in [0.2, 0.25) is 0 Å². The van der Waals surface area contributed by atoms with Gasteiger partial charge in [-0.05, 0) is 49.3 Å². The molecule has 0 amide bonds. The van der Waals surface area contributed by atoms with Gasteiger partial charge in [0.15, 0.2) is 0 Å². The van der Waals surface area contributed by atoms with E-state index in [1.807, 2.05) is 0 Å². The minimum Gasteiger partial charge on any atom is -0.382 e. The average molecular weight is 232 g/mol. The summed E-state index contributed by atoms with van der Waals surface area (Å²) in [6.07, 6.45) is 4.79. The van der Waals surface area contributed by atoms with Crippen LogP contribution in [0.5, 0.6) is 0 Å². The van der Waals surface area contributed by atoms with Crippen molar-refractivity contribution in [1.29, 1.82) is 0 Å². The highest BCUT2D eigenvalue weighted by Gasteiger charge is 2.18. The van der Waals surface area contributed by atoms with Crippen LogP contribution in [0, 0.1) is 0 Å². The first-order chi connectivity index (χ1) is 8.15. The topological polar surface area (TPSA) is 38.0 Å². The molecule has 0 saturated heterocycles. The fourth-order valence-electron chi connectivity index (χ4n) is 2.58. The van der Waals surface area contributed by atoms with Crippen LogP contribution in [0.25, 0.3) is 0 Å². The van der Waals surface area contributed by atoms with E-state index in [1.165, 1.54) is 30.5 Å². The van der Waals surface area contributed by atoms with E-state index in [2.05, 4.69) is 43.4 Å². The normalized spacial score (nSPS) is 24.9. The van der Waals surface area contributed by atoms with E-state index in [4.69, 9.17) is 5.73 Å². The van der Waals surface area contributed by atoms with Gasteiger partial charge < -0.3 is 11.1 Å². The molecule has 2 heteroatoms. The minimum absolute atomic E-state index is 0.384. The molecule has 2 unspecified atom stereocenters. The maximum absolute atomic E-state index is 6.02. The standard InChI is InChI=1S/C15H24N2/c1-11(2)12-5-3-7-14(9-12)17-15-8-4-6-13(16)10-15/h3,5,7,9,11,13,15,17H,4,6,8,10,16H2,1-2H3. The molecule has 1 aliphatic carbocycles. The van der Waals surface area contributed by atoms with Crippen molar-refractivity contribution in [2.24, 2.45) is 5.73 Å². The molecule has 0 aliphatic heterocycles. The Morgan fingerprint density at radius 2 is 2.12 bits per heavy atom. The molecular formula is C15H24N2. The molecule has 2 rings (SSSR count). The lowest BCUT2D eigenvalue weighted by molar-refractivity contribution is 0.409. The van der Waals surface area contributed by atoms with Gasteiger partial charge in [0.05, 0.1) is 0 Å². The van der Waals surface area contributed by atoms with E-state index in [9.17, 15) is 0 Å². The van der Waals surface area contributed by atoms with Gasteiger partial charge in [-0.3, -0.25) is 0 Å². The number of rotatable bonds is 3. The van der Waals surface area contributed by atoms with Crippen LogP contribution >= 0.6 is 0 Å². The highest BCUT2D eigenvalue weighted by Crippen LogP contribution is 2.23. The van der Waals surface area contributed by atoms with Crippen molar-refractivity contribution in [3.8, 4) is 0 Å². The number of nitrogens with one attached hydrogen (secondary N) is 1. The third kappa shape index (κ3) is 3.47. The summed E-state index contributed by atoms with van der Waals surface area (Å²) in [5.74, 6) is 0.588. The Hall–Kier alpha value is -1.02. The number of benzene rings is 1. The first kappa shape index (κ1) is 12.4. The number of hydrogen-bond donors (Lipinski definition) is 2. The molecule has 17 heavy (non-hydrogen) atoms. The molecule has 1 fully saturated rings. The summed E-state index contributed by atoms with van der Waals surface area (Å²) in [6, 6.07) is 9.70. The quantitative estimate of drug-likeness (QED) is 0.837. The van der Waals surface area contributed by atoms with E-state index in [-0.39, 0.29) is 0 Å². The first-order valence-corrected chi connectivity index (χ1v) is 6.77. The fourth-order valence-corrected chi connectivity index (χ4v) is 2.58. The highest BCUT2D eigenvalue weighted by molar-refractivity contribution is 5.47. The molecule has 0 radical (unpaired) electrons. The van der Waals surface area contributed by atoms with Crippen LogP contribution in [-0.4, -0.2) is 12.1 Å². The Kier molecular flexibility index (Phi) is 4.06. The van der Waals surface area contributed by atoms with Crippen molar-refractivity contribution in [2.45, 2.75) is 57.5 Å². The first-order valence-electron chi connectivity index (χ1n) is 6.77. The monoisotopic (exact) mass is 232 g/mol. The van der Waals surface area contributed by atoms with E-state index in [1.54, 1.807) is 0 Å². The van der Waals surface area contributed by atoms with E-state index in [0.717, 1.165) is 6.42 Å². The molecule has 0 aromatic heterocycles. The van der Waals surface area contributed by atoms with E-state index in [0.29, 0.717) is 18.0 Å². The van der Waals surface area contributed by atoms with Gasteiger partial charge in [0, 0.05) is 17.8 Å². The molecule has 2 atom stereocenters. The van der Waals surface area contributed by atoms with Gasteiger partial charge in [-0.15, -0.1) is 0 Å². The zero-order chi connectivity index (χ0) is 12.3. The predicted octanol–water partition coefficient (Wildman–Crippen LogP) is 3.49. The molecule has 0 heterocycles. The third-order valence-electron chi connectivity index (χ3n) is 3.64. The second-order valence-electron chi connectivity index (χ2n) is 5.55. The van der Waals surface area contributed by atoms with Gasteiger partial charge in [-0.1, -0.05) is 26.0 Å². The third-order valence-corrected chi connectivity index (χ3v) is 3.64. The van der Waals surface area contributed by atoms with Crippen LogP contribution in [0.3, 0.4) is 0 Å². The molecule has 1 aliphatic rings. The Morgan fingerprint density at radius 3 is 2.82 bits per heavy atom. The lowest BCUT2D eigenvalue weighted by Crippen LogP contribution is -2.34. The van der Waals surface area contributed by atoms with E-state index >= 15 is 0 Å². The number of nitrogens with two attached hydrogens (primary N) is 1. The number of hydrogen-bond acceptors (Lipinski definition) is 2. The molecular weight excluding hydrogens is 208 g/mol. The maximum atomic E-state index is 6.02. The van der Waals surface area contributed by atoms with Crippen LogP contribution in [0.2, 0.25) is 0 Å². The molecule has 94 valence electrons. The van der Waals surface area contributed by atoms with Gasteiger partial charge in [0.1, 0.15) is 0 Å². The van der Waals surface area contributed by atoms with Crippen molar-refractivity contribution in [2.75, 3.05) is 5.32 Å². The van der Waals surface area contributed by atoms with Crippen molar-refractivity contribution < 1.29 is 0 Å². The summed E-state index contributed by atoms with van der Waals surface area (Å²) in [7, 11) is 0. The van der Waals surface area contributed by atoms with Crippen molar-refractivity contribution in [1.82, 2.24) is 0 Å². The smallest absolute Gasteiger partial charge is 0.0345 e. The van der Waals surface area contributed by atoms with Crippen molar-refractivity contribution in [3.05, 3.63) is 29.8 Å². The highest BCUT2D eigenvalue weighted by atomic mass is 14.9. The van der Waals surface area contributed by atoms with Crippen LogP contribution in [0.1, 0.15) is 51.0 Å². The van der Waals surface area contributed by atoms with Crippen LogP contribution in [0.4, 0.5) is 5.69 Å². The van der Waals surface area contributed by atoms with Gasteiger partial charge in [-0.25, -0.2) is 0 Å². The van der Waals surface area contributed by atoms with Crippen molar-refractivity contribution >= 4 is 5.69 Å². The second kappa shape index (κ2) is 5.54. The van der Waals surface area contributed by atoms with E-state index < -0.39 is 0 Å². The summed E-state index contributed by atoms with van der Waals surface area (Å²) in [5, 5.41) is 3.63. The lowest BCUT2D eigenvalue weighted by atomic mass is 9.91. The van der Waals surface area contributed by atoms with Crippen molar-refractivity contribution in [3.63, 3.8) is 0 Å². The molecule has 0 spiro atoms. The summed E-state index contributed by atoms with van der Waals surface area (Å²) in [4.78, 5) is 0. The Balaban J connectivity index is 2.00. The predicted molar refractivity (Wildman–Crippen MR) is 74.4 cm³/mol. The molecule has 1 saturated carbocycles. The Morgan fingerprint density at radius 1 is 1.29 bits per heavy atom. The van der Waals surface area contributed by atoms with Crippen LogP contribution in [0.15, 0.2) is 24.3 Å². The Labute approximate surface area is 105 Å². The summed E-state index contributed by atoms with van der Waals surface area (Å²) in [6.45, 7) is 4.46. The summed E-state index contributed by atoms with van der Waals surface area (Å²) >= 11 is 0. The molecule has 3 N–H and O–H groups in total. The SMILES string of the molecule is CC(C)c1cccc(NC2CCCC(N)C2)c1. The Bertz CT molecular complexity index is 360. The second-order valence-corrected chi connectivity index (χ2v) is 5.55. The van der Waals surface area contributed by atoms with Crippen LogP contribution in [-0.2, 0) is 0 Å². The number of anilines is 1. The zero-order valence-electron chi connectivity index (χ0n) is 10.9. The molecule has 1 aromatic carbocycles. The van der Waals surface area contributed by atoms with Gasteiger partial charge >= 0.3 is 0 Å².